The smallest absolute Gasteiger partial charge is 0.169 e. The van der Waals surface area contributed by atoms with Crippen LogP contribution in [0.3, 0.4) is 0 Å². The molecule has 1 unspecified atom stereocenters. The van der Waals surface area contributed by atoms with Gasteiger partial charge in [0.05, 0.1) is 12.5 Å². The summed E-state index contributed by atoms with van der Waals surface area (Å²) >= 11 is 3.23. The lowest BCUT2D eigenvalue weighted by molar-refractivity contribution is 0.435. The van der Waals surface area contributed by atoms with Crippen LogP contribution in [0.5, 0.6) is 0 Å². The fourth-order valence-corrected chi connectivity index (χ4v) is 1.58. The van der Waals surface area contributed by atoms with Gasteiger partial charge < -0.3 is 8.83 Å². The van der Waals surface area contributed by atoms with Crippen LogP contribution in [0.1, 0.15) is 17.4 Å². The Labute approximate surface area is 89.2 Å². The van der Waals surface area contributed by atoms with Crippen LogP contribution in [0.4, 0.5) is 0 Å². The molecule has 0 bridgehead atoms. The third-order valence-corrected chi connectivity index (χ3v) is 2.35. The minimum atomic E-state index is -0.181. The van der Waals surface area contributed by atoms with Gasteiger partial charge in [-0.05, 0) is 34.1 Å². The Kier molecular flexibility index (Phi) is 2.72. The van der Waals surface area contributed by atoms with Gasteiger partial charge in [0, 0.05) is 5.56 Å². The van der Waals surface area contributed by atoms with Gasteiger partial charge in [-0.25, -0.2) is 5.43 Å². The van der Waals surface area contributed by atoms with Crippen molar-refractivity contribution >= 4 is 15.9 Å². The van der Waals surface area contributed by atoms with Crippen molar-refractivity contribution in [1.29, 1.82) is 0 Å². The van der Waals surface area contributed by atoms with E-state index in [0.717, 1.165) is 11.3 Å². The first-order valence-corrected chi connectivity index (χ1v) is 4.84. The summed E-state index contributed by atoms with van der Waals surface area (Å²) in [6.45, 7) is 0. The predicted octanol–water partition coefficient (Wildman–Crippen LogP) is 2.19. The van der Waals surface area contributed by atoms with Gasteiger partial charge in [0.15, 0.2) is 4.67 Å². The molecular formula is C9H9BrN2O2. The zero-order valence-corrected chi connectivity index (χ0v) is 8.82. The molecule has 2 aromatic rings. The number of hydrogen-bond donors (Lipinski definition) is 2. The van der Waals surface area contributed by atoms with E-state index in [2.05, 4.69) is 21.4 Å². The summed E-state index contributed by atoms with van der Waals surface area (Å²) in [6.07, 6.45) is 3.22. The molecule has 0 amide bonds. The van der Waals surface area contributed by atoms with Crippen LogP contribution >= 0.6 is 15.9 Å². The predicted molar refractivity (Wildman–Crippen MR) is 54.3 cm³/mol. The van der Waals surface area contributed by atoms with E-state index >= 15 is 0 Å². The monoisotopic (exact) mass is 256 g/mol. The van der Waals surface area contributed by atoms with E-state index in [1.54, 1.807) is 12.5 Å². The molecule has 0 radical (unpaired) electrons. The minimum absolute atomic E-state index is 0.181. The van der Waals surface area contributed by atoms with Crippen LogP contribution in [-0.4, -0.2) is 0 Å². The fourth-order valence-electron chi connectivity index (χ4n) is 1.27. The van der Waals surface area contributed by atoms with Crippen LogP contribution < -0.4 is 11.3 Å². The van der Waals surface area contributed by atoms with E-state index in [0.29, 0.717) is 4.67 Å². The highest BCUT2D eigenvalue weighted by molar-refractivity contribution is 9.10. The number of nitrogens with two attached hydrogens (primary N) is 1. The molecule has 2 aromatic heterocycles. The lowest BCUT2D eigenvalue weighted by atomic mass is 10.1. The van der Waals surface area contributed by atoms with Gasteiger partial charge in [-0.3, -0.25) is 5.84 Å². The van der Waals surface area contributed by atoms with Crippen LogP contribution in [0.15, 0.2) is 44.2 Å². The molecule has 0 aliphatic heterocycles. The average molecular weight is 257 g/mol. The normalized spacial score (nSPS) is 13.0. The molecule has 2 heterocycles. The largest absolute Gasteiger partial charge is 0.472 e. The minimum Gasteiger partial charge on any atom is -0.472 e. The number of hydrogen-bond acceptors (Lipinski definition) is 4. The van der Waals surface area contributed by atoms with Gasteiger partial charge in [0.1, 0.15) is 11.8 Å². The second-order valence-electron chi connectivity index (χ2n) is 2.80. The lowest BCUT2D eigenvalue weighted by Gasteiger charge is -2.10. The lowest BCUT2D eigenvalue weighted by Crippen LogP contribution is -2.28. The molecule has 1 atom stereocenters. The summed E-state index contributed by atoms with van der Waals surface area (Å²) in [6, 6.07) is 5.32. The molecule has 0 saturated heterocycles. The van der Waals surface area contributed by atoms with Crippen molar-refractivity contribution in [1.82, 2.24) is 5.43 Å². The summed E-state index contributed by atoms with van der Waals surface area (Å²) in [5.41, 5.74) is 3.58. The summed E-state index contributed by atoms with van der Waals surface area (Å²) in [5, 5.41) is 0. The Morgan fingerprint density at radius 2 is 2.21 bits per heavy atom. The first-order chi connectivity index (χ1) is 6.81. The Bertz CT molecular complexity index is 397. The highest BCUT2D eigenvalue weighted by Gasteiger charge is 2.16. The maximum absolute atomic E-state index is 5.44. The van der Waals surface area contributed by atoms with Crippen molar-refractivity contribution in [2.24, 2.45) is 5.84 Å². The molecule has 14 heavy (non-hydrogen) atoms. The molecule has 3 N–H and O–H groups in total. The van der Waals surface area contributed by atoms with E-state index in [1.807, 2.05) is 18.2 Å². The van der Waals surface area contributed by atoms with Crippen LogP contribution in [0, 0.1) is 0 Å². The Hall–Kier alpha value is -1.04. The van der Waals surface area contributed by atoms with Crippen molar-refractivity contribution in [3.05, 3.63) is 46.7 Å². The van der Waals surface area contributed by atoms with Crippen molar-refractivity contribution < 1.29 is 8.83 Å². The average Bonchev–Trinajstić information content (AvgIpc) is 2.79. The molecule has 0 spiro atoms. The molecule has 74 valence electrons. The van der Waals surface area contributed by atoms with Gasteiger partial charge in [-0.15, -0.1) is 0 Å². The van der Waals surface area contributed by atoms with E-state index in [4.69, 9.17) is 14.7 Å². The third-order valence-electron chi connectivity index (χ3n) is 1.92. The van der Waals surface area contributed by atoms with E-state index in [9.17, 15) is 0 Å². The molecule has 0 aliphatic rings. The van der Waals surface area contributed by atoms with Gasteiger partial charge in [-0.1, -0.05) is 0 Å². The number of furan rings is 2. The second-order valence-corrected chi connectivity index (χ2v) is 3.58. The van der Waals surface area contributed by atoms with E-state index in [-0.39, 0.29) is 6.04 Å². The maximum atomic E-state index is 5.44. The molecule has 0 aromatic carbocycles. The van der Waals surface area contributed by atoms with E-state index in [1.165, 1.54) is 0 Å². The van der Waals surface area contributed by atoms with Crippen LogP contribution in [-0.2, 0) is 0 Å². The Morgan fingerprint density at radius 1 is 1.36 bits per heavy atom. The molecule has 0 aliphatic carbocycles. The maximum Gasteiger partial charge on any atom is 0.169 e. The van der Waals surface area contributed by atoms with E-state index < -0.39 is 0 Å². The van der Waals surface area contributed by atoms with Crippen molar-refractivity contribution in [2.45, 2.75) is 6.04 Å². The molecule has 0 fully saturated rings. The summed E-state index contributed by atoms with van der Waals surface area (Å²) < 4.78 is 11.0. The molecule has 0 saturated carbocycles. The Morgan fingerprint density at radius 3 is 2.71 bits per heavy atom. The number of nitrogens with one attached hydrogen (secondary N) is 1. The van der Waals surface area contributed by atoms with Gasteiger partial charge in [-0.2, -0.15) is 0 Å². The molecule has 2 rings (SSSR count). The second kappa shape index (κ2) is 4.00. The van der Waals surface area contributed by atoms with Crippen molar-refractivity contribution in [2.75, 3.05) is 0 Å². The highest BCUT2D eigenvalue weighted by Crippen LogP contribution is 2.25. The highest BCUT2D eigenvalue weighted by atomic mass is 79.9. The van der Waals surface area contributed by atoms with Gasteiger partial charge >= 0.3 is 0 Å². The molecule has 5 heteroatoms. The van der Waals surface area contributed by atoms with Crippen molar-refractivity contribution in [3.63, 3.8) is 0 Å². The number of hydrazine groups is 1. The fraction of sp³-hybridized carbons (Fsp3) is 0.111. The standard InChI is InChI=1S/C9H9BrN2O2/c10-8-2-1-7(14-8)9(12-11)6-3-4-13-5-6/h1-5,9,12H,11H2. The van der Waals surface area contributed by atoms with Crippen LogP contribution in [0.25, 0.3) is 0 Å². The molecular weight excluding hydrogens is 248 g/mol. The molecule has 4 nitrogen and oxygen atoms in total. The van der Waals surface area contributed by atoms with Crippen molar-refractivity contribution in [3.8, 4) is 0 Å². The van der Waals surface area contributed by atoms with Gasteiger partial charge in [0.25, 0.3) is 0 Å². The Balaban J connectivity index is 2.31. The first kappa shape index (κ1) is 9.51. The summed E-state index contributed by atoms with van der Waals surface area (Å²) in [4.78, 5) is 0. The zero-order chi connectivity index (χ0) is 9.97. The SMILES string of the molecule is NNC(c1ccoc1)c1ccc(Br)o1. The number of halogens is 1. The summed E-state index contributed by atoms with van der Waals surface area (Å²) in [5.74, 6) is 6.18. The number of rotatable bonds is 3. The topological polar surface area (TPSA) is 64.3 Å². The van der Waals surface area contributed by atoms with Gasteiger partial charge in [0.2, 0.25) is 0 Å². The zero-order valence-electron chi connectivity index (χ0n) is 7.24. The first-order valence-electron chi connectivity index (χ1n) is 4.04. The third kappa shape index (κ3) is 1.75. The van der Waals surface area contributed by atoms with Crippen LogP contribution in [0.2, 0.25) is 0 Å². The summed E-state index contributed by atoms with van der Waals surface area (Å²) in [7, 11) is 0. The quantitative estimate of drug-likeness (QED) is 0.653.